The first-order valence-electron chi connectivity index (χ1n) is 9.51. The Hall–Kier alpha value is -3.46. The number of amides is 1. The van der Waals surface area contributed by atoms with Gasteiger partial charge in [-0.25, -0.2) is 0 Å². The summed E-state index contributed by atoms with van der Waals surface area (Å²) in [6.07, 6.45) is 0.799. The average molecular weight is 366 g/mol. The fourth-order valence-electron chi connectivity index (χ4n) is 3.57. The molecule has 28 heavy (non-hydrogen) atoms. The molecule has 3 nitrogen and oxygen atoms in total. The van der Waals surface area contributed by atoms with Crippen LogP contribution in [0.1, 0.15) is 21.6 Å². The van der Waals surface area contributed by atoms with Gasteiger partial charge in [-0.05, 0) is 30.5 Å². The molecule has 1 heterocycles. The molecule has 0 aliphatic carbocycles. The monoisotopic (exact) mass is 366 g/mol. The van der Waals surface area contributed by atoms with Gasteiger partial charge in [-0.1, -0.05) is 78.9 Å². The van der Waals surface area contributed by atoms with Gasteiger partial charge in [0.1, 0.15) is 0 Å². The maximum atomic E-state index is 13.1. The number of nitrogens with zero attached hydrogens (tertiary/aromatic N) is 1. The molecule has 0 fully saturated rings. The fraction of sp³-hybridized carbons (Fsp3) is 0.120. The molecule has 1 N–H and O–H groups in total. The molecule has 0 aliphatic heterocycles. The molecule has 4 rings (SSSR count). The second-order valence-electron chi connectivity index (χ2n) is 6.82. The molecular weight excluding hydrogens is 344 g/mol. The summed E-state index contributed by atoms with van der Waals surface area (Å²) in [5, 5.41) is 4.08. The number of fused-ring (bicyclic) bond motifs is 1. The van der Waals surface area contributed by atoms with Crippen LogP contribution in [0.25, 0.3) is 22.0 Å². The summed E-state index contributed by atoms with van der Waals surface area (Å²) >= 11 is 0. The van der Waals surface area contributed by atoms with E-state index in [0.717, 1.165) is 34.1 Å². The zero-order valence-corrected chi connectivity index (χ0v) is 15.9. The molecule has 1 amide bonds. The molecule has 0 saturated carbocycles. The maximum absolute atomic E-state index is 13.1. The van der Waals surface area contributed by atoms with Gasteiger partial charge < -0.3 is 5.32 Å². The lowest BCUT2D eigenvalue weighted by Crippen LogP contribution is -2.27. The van der Waals surface area contributed by atoms with Gasteiger partial charge in [-0.2, -0.15) is 0 Å². The Balaban J connectivity index is 1.71. The lowest BCUT2D eigenvalue weighted by Gasteiger charge is -2.16. The molecule has 4 aromatic rings. The molecule has 3 heteroatoms. The quantitative estimate of drug-likeness (QED) is 0.529. The van der Waals surface area contributed by atoms with Crippen LogP contribution < -0.4 is 5.32 Å². The van der Waals surface area contributed by atoms with Crippen molar-refractivity contribution in [2.24, 2.45) is 0 Å². The van der Waals surface area contributed by atoms with Crippen LogP contribution >= 0.6 is 0 Å². The number of benzene rings is 3. The first-order valence-corrected chi connectivity index (χ1v) is 9.51. The van der Waals surface area contributed by atoms with Gasteiger partial charge in [-0.3, -0.25) is 9.78 Å². The van der Waals surface area contributed by atoms with E-state index in [9.17, 15) is 4.79 Å². The Labute approximate surface area is 165 Å². The lowest BCUT2D eigenvalue weighted by molar-refractivity contribution is 0.0954. The zero-order chi connectivity index (χ0) is 19.3. The van der Waals surface area contributed by atoms with Crippen LogP contribution in [0.3, 0.4) is 0 Å². The minimum Gasteiger partial charge on any atom is -0.352 e. The van der Waals surface area contributed by atoms with Gasteiger partial charge in [0.2, 0.25) is 0 Å². The molecule has 0 spiro atoms. The smallest absolute Gasteiger partial charge is 0.253 e. The third-order valence-electron chi connectivity index (χ3n) is 4.90. The van der Waals surface area contributed by atoms with E-state index in [1.165, 1.54) is 5.56 Å². The summed E-state index contributed by atoms with van der Waals surface area (Å²) in [6, 6.07) is 28.2. The normalized spacial score (nSPS) is 10.8. The van der Waals surface area contributed by atoms with Gasteiger partial charge >= 0.3 is 0 Å². The number of carbonyl (C=O) groups excluding carboxylic acids is 1. The minimum absolute atomic E-state index is 0.0782. The van der Waals surface area contributed by atoms with Crippen LogP contribution in [-0.4, -0.2) is 17.4 Å². The number of aromatic nitrogens is 1. The van der Waals surface area contributed by atoms with Crippen LogP contribution in [0, 0.1) is 6.92 Å². The summed E-state index contributed by atoms with van der Waals surface area (Å²) in [6.45, 7) is 2.49. The van der Waals surface area contributed by atoms with Crippen molar-refractivity contribution < 1.29 is 4.79 Å². The van der Waals surface area contributed by atoms with E-state index < -0.39 is 0 Å². The molecule has 138 valence electrons. The fourth-order valence-corrected chi connectivity index (χ4v) is 3.57. The van der Waals surface area contributed by atoms with E-state index >= 15 is 0 Å². The Morgan fingerprint density at radius 3 is 2.25 bits per heavy atom. The predicted molar refractivity (Wildman–Crippen MR) is 114 cm³/mol. The van der Waals surface area contributed by atoms with Gasteiger partial charge in [-0.15, -0.1) is 0 Å². The van der Waals surface area contributed by atoms with Gasteiger partial charge in [0.05, 0.1) is 16.8 Å². The second-order valence-corrected chi connectivity index (χ2v) is 6.82. The third-order valence-corrected chi connectivity index (χ3v) is 4.90. The molecule has 0 saturated heterocycles. The van der Waals surface area contributed by atoms with Gasteiger partial charge in [0.15, 0.2) is 0 Å². The number of hydrogen-bond acceptors (Lipinski definition) is 2. The standard InChI is InChI=1S/C25H22N2O/c1-18-23(25(28)26-17-16-19-10-4-2-5-11-19)24(20-12-6-3-7-13-20)21-14-8-9-15-22(21)27-18/h2-15H,16-17H2,1H3,(H,26,28). The van der Waals surface area contributed by atoms with Crippen molar-refractivity contribution in [3.05, 3.63) is 102 Å². The van der Waals surface area contributed by atoms with E-state index in [1.807, 2.05) is 79.7 Å². The minimum atomic E-state index is -0.0782. The first kappa shape index (κ1) is 17.9. The molecule has 0 bridgehead atoms. The maximum Gasteiger partial charge on any atom is 0.253 e. The zero-order valence-electron chi connectivity index (χ0n) is 15.9. The molecule has 3 aromatic carbocycles. The molecule has 0 unspecified atom stereocenters. The van der Waals surface area contributed by atoms with E-state index in [0.29, 0.717) is 12.1 Å². The Bertz CT molecular complexity index is 1110. The first-order chi connectivity index (χ1) is 13.7. The number of aryl methyl sites for hydroxylation is 1. The van der Waals surface area contributed by atoms with Gasteiger partial charge in [0.25, 0.3) is 5.91 Å². The number of carbonyl (C=O) groups is 1. The highest BCUT2D eigenvalue weighted by molar-refractivity contribution is 6.09. The number of nitrogens with one attached hydrogen (secondary N) is 1. The van der Waals surface area contributed by atoms with Crippen LogP contribution in [0.2, 0.25) is 0 Å². The van der Waals surface area contributed by atoms with Crippen molar-refractivity contribution in [2.45, 2.75) is 13.3 Å². The Morgan fingerprint density at radius 2 is 1.50 bits per heavy atom. The molecular formula is C25H22N2O. The van der Waals surface area contributed by atoms with Crippen molar-refractivity contribution in [2.75, 3.05) is 6.54 Å². The van der Waals surface area contributed by atoms with E-state index in [4.69, 9.17) is 0 Å². The topological polar surface area (TPSA) is 42.0 Å². The second kappa shape index (κ2) is 8.05. The largest absolute Gasteiger partial charge is 0.352 e. The highest BCUT2D eigenvalue weighted by Gasteiger charge is 2.19. The van der Waals surface area contributed by atoms with Crippen molar-refractivity contribution in [3.8, 4) is 11.1 Å². The lowest BCUT2D eigenvalue weighted by atomic mass is 9.94. The summed E-state index contributed by atoms with van der Waals surface area (Å²) in [5.74, 6) is -0.0782. The van der Waals surface area contributed by atoms with Gasteiger partial charge in [0, 0.05) is 17.5 Å². The van der Waals surface area contributed by atoms with E-state index in [-0.39, 0.29) is 5.91 Å². The predicted octanol–water partition coefficient (Wildman–Crippen LogP) is 5.18. The van der Waals surface area contributed by atoms with E-state index in [2.05, 4.69) is 22.4 Å². The van der Waals surface area contributed by atoms with Crippen molar-refractivity contribution >= 4 is 16.8 Å². The average Bonchev–Trinajstić information content (AvgIpc) is 2.74. The van der Waals surface area contributed by atoms with Crippen molar-refractivity contribution in [1.29, 1.82) is 0 Å². The summed E-state index contributed by atoms with van der Waals surface area (Å²) in [5.41, 5.74) is 5.48. The van der Waals surface area contributed by atoms with Crippen LogP contribution in [0.5, 0.6) is 0 Å². The van der Waals surface area contributed by atoms with Crippen molar-refractivity contribution in [3.63, 3.8) is 0 Å². The summed E-state index contributed by atoms with van der Waals surface area (Å²) in [7, 11) is 0. The number of hydrogen-bond donors (Lipinski definition) is 1. The van der Waals surface area contributed by atoms with Crippen LogP contribution in [0.4, 0.5) is 0 Å². The number of para-hydroxylation sites is 1. The highest BCUT2D eigenvalue weighted by Crippen LogP contribution is 2.32. The Morgan fingerprint density at radius 1 is 0.857 bits per heavy atom. The highest BCUT2D eigenvalue weighted by atomic mass is 16.1. The van der Waals surface area contributed by atoms with E-state index in [1.54, 1.807) is 0 Å². The number of pyridine rings is 1. The Kier molecular flexibility index (Phi) is 5.16. The van der Waals surface area contributed by atoms with Crippen molar-refractivity contribution in [1.82, 2.24) is 10.3 Å². The molecule has 0 radical (unpaired) electrons. The molecule has 0 aliphatic rings. The summed E-state index contributed by atoms with van der Waals surface area (Å²) < 4.78 is 0. The summed E-state index contributed by atoms with van der Waals surface area (Å²) in [4.78, 5) is 17.8. The SMILES string of the molecule is Cc1nc2ccccc2c(-c2ccccc2)c1C(=O)NCCc1ccccc1. The third kappa shape index (κ3) is 3.65. The molecule has 0 atom stereocenters. The molecule has 1 aromatic heterocycles. The van der Waals surface area contributed by atoms with Crippen LogP contribution in [0.15, 0.2) is 84.9 Å². The van der Waals surface area contributed by atoms with Crippen LogP contribution in [-0.2, 0) is 6.42 Å². The number of rotatable bonds is 5.